The van der Waals surface area contributed by atoms with Gasteiger partial charge in [-0.05, 0) is 110 Å². The first-order valence-electron chi connectivity index (χ1n) is 17.2. The molecule has 6 nitrogen and oxygen atoms in total. The fourth-order valence-electron chi connectivity index (χ4n) is 6.87. The molecule has 6 aromatic rings. The molecule has 1 aliphatic rings. The van der Waals surface area contributed by atoms with Gasteiger partial charge < -0.3 is 20.1 Å². The van der Waals surface area contributed by atoms with Crippen molar-refractivity contribution in [3.63, 3.8) is 0 Å². The molecule has 7 rings (SSSR count). The summed E-state index contributed by atoms with van der Waals surface area (Å²) < 4.78 is 11.8. The highest BCUT2D eigenvalue weighted by atomic mass is 16.5. The summed E-state index contributed by atoms with van der Waals surface area (Å²) >= 11 is 0. The van der Waals surface area contributed by atoms with Crippen molar-refractivity contribution in [3.8, 4) is 22.6 Å². The molecule has 254 valence electrons. The van der Waals surface area contributed by atoms with Gasteiger partial charge in [-0.3, -0.25) is 9.59 Å². The van der Waals surface area contributed by atoms with Crippen LogP contribution in [0.5, 0.6) is 11.5 Å². The van der Waals surface area contributed by atoms with E-state index >= 15 is 0 Å². The van der Waals surface area contributed by atoms with Crippen LogP contribution in [0.2, 0.25) is 0 Å². The topological polar surface area (TPSA) is 76.7 Å². The van der Waals surface area contributed by atoms with Gasteiger partial charge in [-0.1, -0.05) is 108 Å². The summed E-state index contributed by atoms with van der Waals surface area (Å²) in [4.78, 5) is 26.2. The normalized spacial score (nSPS) is 13.6. The summed E-state index contributed by atoms with van der Waals surface area (Å²) in [5.41, 5.74) is 9.76. The van der Waals surface area contributed by atoms with Crippen molar-refractivity contribution in [3.05, 3.63) is 179 Å². The zero-order valence-electron chi connectivity index (χ0n) is 29.1. The fraction of sp³-hybridized carbons (Fsp3) is 0.156. The van der Waals surface area contributed by atoms with Crippen LogP contribution >= 0.6 is 0 Å². The van der Waals surface area contributed by atoms with Gasteiger partial charge >= 0.3 is 0 Å². The van der Waals surface area contributed by atoms with Gasteiger partial charge in [0.05, 0.1) is 5.41 Å². The summed E-state index contributed by atoms with van der Waals surface area (Å²) in [5.74, 6) is 0.834. The van der Waals surface area contributed by atoms with E-state index in [1.165, 1.54) is 22.3 Å². The zero-order chi connectivity index (χ0) is 35.5. The number of carbonyl (C=O) groups excluding carboxylic acids is 2. The second-order valence-electron chi connectivity index (χ2n) is 13.1. The van der Waals surface area contributed by atoms with Crippen LogP contribution in [0.3, 0.4) is 0 Å². The van der Waals surface area contributed by atoms with Crippen LogP contribution in [0, 0.1) is 13.8 Å². The number of aryl methyl sites for hydroxylation is 2. The second-order valence-corrected chi connectivity index (χ2v) is 13.1. The van der Waals surface area contributed by atoms with E-state index < -0.39 is 17.6 Å². The van der Waals surface area contributed by atoms with Crippen LogP contribution in [0.1, 0.15) is 47.2 Å². The van der Waals surface area contributed by atoms with Crippen LogP contribution in [0.15, 0.2) is 146 Å². The van der Waals surface area contributed by atoms with E-state index in [-0.39, 0.29) is 11.8 Å². The summed E-state index contributed by atoms with van der Waals surface area (Å²) in [7, 11) is 0. The lowest BCUT2D eigenvalue weighted by Gasteiger charge is -2.34. The van der Waals surface area contributed by atoms with Gasteiger partial charge in [0.1, 0.15) is 11.5 Å². The molecule has 0 saturated heterocycles. The molecule has 0 aromatic heterocycles. The number of ether oxygens (including phenoxy) is 2. The number of carbonyl (C=O) groups is 2. The number of amides is 2. The average Bonchev–Trinajstić information content (AvgIpc) is 3.45. The Morgan fingerprint density at radius 1 is 0.490 bits per heavy atom. The van der Waals surface area contributed by atoms with E-state index in [0.717, 1.165) is 22.3 Å². The van der Waals surface area contributed by atoms with Gasteiger partial charge in [0.2, 0.25) is 0 Å². The Balaban J connectivity index is 1.17. The predicted octanol–water partition coefficient (Wildman–Crippen LogP) is 9.48. The summed E-state index contributed by atoms with van der Waals surface area (Å²) in [6.07, 6.45) is -1.35. The molecule has 0 bridgehead atoms. The molecule has 0 fully saturated rings. The molecule has 51 heavy (non-hydrogen) atoms. The van der Waals surface area contributed by atoms with E-state index in [1.807, 2.05) is 86.6 Å². The van der Waals surface area contributed by atoms with Crippen LogP contribution in [0.4, 0.5) is 11.4 Å². The minimum absolute atomic E-state index is 0.231. The molecule has 0 saturated carbocycles. The molecule has 0 unspecified atom stereocenters. The standard InChI is InChI=1S/C45H40N2O4/c1-29-13-25-37(26-14-29)50-31(3)43(48)46-35-21-17-33(18-22-35)45(41-11-7-5-9-39(41)40-10-6-8-12-42(40)45)34-19-23-36(24-20-34)47-44(49)32(4)51-38-27-15-30(2)16-28-38/h5-28,31-32H,1-4H3,(H,46,48)(H,47,49)/t31-,32+. The van der Waals surface area contributed by atoms with Crippen molar-refractivity contribution in [1.82, 2.24) is 0 Å². The first-order valence-corrected chi connectivity index (χ1v) is 17.2. The maximum atomic E-state index is 13.1. The van der Waals surface area contributed by atoms with Gasteiger partial charge in [-0.25, -0.2) is 0 Å². The Morgan fingerprint density at radius 3 is 1.22 bits per heavy atom. The van der Waals surface area contributed by atoms with Crippen molar-refractivity contribution in [2.45, 2.75) is 45.3 Å². The fourth-order valence-corrected chi connectivity index (χ4v) is 6.87. The van der Waals surface area contributed by atoms with E-state index in [4.69, 9.17) is 9.47 Å². The molecule has 1 aliphatic carbocycles. The Bertz CT molecular complexity index is 2010. The van der Waals surface area contributed by atoms with Gasteiger partial charge in [0.15, 0.2) is 12.2 Å². The number of anilines is 2. The monoisotopic (exact) mass is 672 g/mol. The summed E-state index contributed by atoms with van der Waals surface area (Å²) in [6.45, 7) is 7.51. The first-order chi connectivity index (χ1) is 24.7. The van der Waals surface area contributed by atoms with Gasteiger partial charge in [-0.15, -0.1) is 0 Å². The predicted molar refractivity (Wildman–Crippen MR) is 204 cm³/mol. The highest BCUT2D eigenvalue weighted by Crippen LogP contribution is 2.56. The largest absolute Gasteiger partial charge is 0.481 e. The quantitative estimate of drug-likeness (QED) is 0.152. The lowest BCUT2D eigenvalue weighted by Crippen LogP contribution is -2.31. The molecule has 6 aromatic carbocycles. The van der Waals surface area contributed by atoms with E-state index in [2.05, 4.69) is 83.4 Å². The van der Waals surface area contributed by atoms with E-state index in [1.54, 1.807) is 13.8 Å². The van der Waals surface area contributed by atoms with Crippen LogP contribution in [-0.4, -0.2) is 24.0 Å². The van der Waals surface area contributed by atoms with Crippen LogP contribution < -0.4 is 20.1 Å². The Labute approximate surface area is 299 Å². The third-order valence-electron chi connectivity index (χ3n) is 9.53. The molecular weight excluding hydrogens is 633 g/mol. The maximum absolute atomic E-state index is 13.1. The van der Waals surface area contributed by atoms with Crippen molar-refractivity contribution >= 4 is 23.2 Å². The SMILES string of the molecule is Cc1ccc(O[C@@H](C)C(=O)Nc2ccc(C3(c4ccc(NC(=O)[C@@H](C)Oc5ccc(C)cc5)cc4)c4ccccc4-c4ccccc43)cc2)cc1. The van der Waals surface area contributed by atoms with Crippen molar-refractivity contribution in [2.75, 3.05) is 10.6 Å². The lowest BCUT2D eigenvalue weighted by molar-refractivity contribution is -0.122. The highest BCUT2D eigenvalue weighted by molar-refractivity contribution is 5.95. The zero-order valence-corrected chi connectivity index (χ0v) is 29.1. The van der Waals surface area contributed by atoms with Crippen molar-refractivity contribution in [1.29, 1.82) is 0 Å². The van der Waals surface area contributed by atoms with E-state index in [9.17, 15) is 9.59 Å². The number of nitrogens with one attached hydrogen (secondary N) is 2. The van der Waals surface area contributed by atoms with E-state index in [0.29, 0.717) is 22.9 Å². The van der Waals surface area contributed by atoms with Crippen molar-refractivity contribution < 1.29 is 19.1 Å². The Hall–Kier alpha value is -6.14. The summed E-state index contributed by atoms with van der Waals surface area (Å²) in [6, 6.07) is 48.4. The van der Waals surface area contributed by atoms with Crippen LogP contribution in [0.25, 0.3) is 11.1 Å². The lowest BCUT2D eigenvalue weighted by atomic mass is 9.67. The molecule has 0 aliphatic heterocycles. The van der Waals surface area contributed by atoms with Gasteiger partial charge in [-0.2, -0.15) is 0 Å². The van der Waals surface area contributed by atoms with Crippen LogP contribution in [-0.2, 0) is 15.0 Å². The van der Waals surface area contributed by atoms with Crippen molar-refractivity contribution in [2.24, 2.45) is 0 Å². The average molecular weight is 673 g/mol. The number of benzene rings is 6. The third kappa shape index (κ3) is 6.61. The molecule has 0 radical (unpaired) electrons. The number of rotatable bonds is 10. The molecule has 6 heteroatoms. The molecule has 2 N–H and O–H groups in total. The molecular formula is C45H40N2O4. The highest BCUT2D eigenvalue weighted by Gasteiger charge is 2.45. The summed E-state index contributed by atoms with van der Waals surface area (Å²) in [5, 5.41) is 6.04. The number of hydrogen-bond donors (Lipinski definition) is 2. The number of fused-ring (bicyclic) bond motifs is 3. The second kappa shape index (κ2) is 14.0. The Kier molecular flexibility index (Phi) is 9.16. The first kappa shape index (κ1) is 33.4. The molecule has 0 heterocycles. The minimum Gasteiger partial charge on any atom is -0.481 e. The smallest absolute Gasteiger partial charge is 0.265 e. The third-order valence-corrected chi connectivity index (χ3v) is 9.53. The number of hydrogen-bond acceptors (Lipinski definition) is 4. The maximum Gasteiger partial charge on any atom is 0.265 e. The Morgan fingerprint density at radius 2 is 0.843 bits per heavy atom. The van der Waals surface area contributed by atoms with Gasteiger partial charge in [0.25, 0.3) is 11.8 Å². The van der Waals surface area contributed by atoms with Gasteiger partial charge in [0, 0.05) is 11.4 Å². The molecule has 0 spiro atoms. The molecule has 2 amide bonds. The minimum atomic E-state index is -0.677. The molecule has 2 atom stereocenters.